The van der Waals surface area contributed by atoms with Crippen molar-refractivity contribution in [3.8, 4) is 0 Å². The van der Waals surface area contributed by atoms with Crippen molar-refractivity contribution in [2.75, 3.05) is 19.6 Å². The van der Waals surface area contributed by atoms with Gasteiger partial charge in [-0.15, -0.1) is 0 Å². The number of rotatable bonds is 3. The Hall–Kier alpha value is -0.460. The van der Waals surface area contributed by atoms with Gasteiger partial charge in [0, 0.05) is 22.2 Å². The zero-order chi connectivity index (χ0) is 12.5. The highest BCUT2D eigenvalue weighted by atomic mass is 127. The van der Waals surface area contributed by atoms with Crippen molar-refractivity contribution < 1.29 is 9.53 Å². The summed E-state index contributed by atoms with van der Waals surface area (Å²) in [6, 6.07) is 7.80. The molecule has 2 aliphatic rings. The molecule has 0 spiro atoms. The Bertz CT molecular complexity index is 434. The number of nitrogens with zero attached hydrogens (tertiary/aromatic N) is 1. The van der Waals surface area contributed by atoms with Crippen molar-refractivity contribution in [1.82, 2.24) is 4.90 Å². The first kappa shape index (κ1) is 12.6. The summed E-state index contributed by atoms with van der Waals surface area (Å²) in [5.74, 6) is 0.215. The van der Waals surface area contributed by atoms with E-state index in [0.29, 0.717) is 18.8 Å². The largest absolute Gasteiger partial charge is 0.372 e. The lowest BCUT2D eigenvalue weighted by atomic mass is 10.1. The highest BCUT2D eigenvalue weighted by Gasteiger charge is 2.34. The lowest BCUT2D eigenvalue weighted by Gasteiger charge is -2.31. The van der Waals surface area contributed by atoms with Crippen LogP contribution < -0.4 is 0 Å². The number of likely N-dealkylation sites (tertiary alicyclic amines) is 1. The first-order chi connectivity index (χ1) is 8.70. The van der Waals surface area contributed by atoms with E-state index >= 15 is 0 Å². The van der Waals surface area contributed by atoms with Crippen LogP contribution in [0.1, 0.15) is 23.2 Å². The van der Waals surface area contributed by atoms with Crippen LogP contribution >= 0.6 is 22.6 Å². The van der Waals surface area contributed by atoms with E-state index in [1.807, 2.05) is 24.3 Å². The Morgan fingerprint density at radius 1 is 1.22 bits per heavy atom. The van der Waals surface area contributed by atoms with Crippen molar-refractivity contribution in [1.29, 1.82) is 0 Å². The molecule has 1 aromatic carbocycles. The lowest BCUT2D eigenvalue weighted by molar-refractivity contribution is -0.0355. The summed E-state index contributed by atoms with van der Waals surface area (Å²) in [6.07, 6.45) is 3.01. The Labute approximate surface area is 121 Å². The van der Waals surface area contributed by atoms with E-state index in [1.165, 1.54) is 0 Å². The Morgan fingerprint density at radius 2 is 1.83 bits per heavy atom. The number of Topliss-reactive ketones (excluding diaryl/α,β-unsaturated/α-hetero) is 1. The number of hydrogen-bond donors (Lipinski definition) is 0. The second kappa shape index (κ2) is 5.27. The van der Waals surface area contributed by atoms with Crippen LogP contribution in [0.2, 0.25) is 0 Å². The number of carbonyl (C=O) groups is 1. The molecule has 0 N–H and O–H groups in total. The summed E-state index contributed by atoms with van der Waals surface area (Å²) in [5.41, 5.74) is 0.814. The molecule has 18 heavy (non-hydrogen) atoms. The highest BCUT2D eigenvalue weighted by Crippen LogP contribution is 2.26. The molecule has 3 nitrogen and oxygen atoms in total. The quantitative estimate of drug-likeness (QED) is 0.614. The molecule has 3 rings (SSSR count). The molecular formula is C14H16INO2. The second-order valence-electron chi connectivity index (χ2n) is 5.08. The number of hydrogen-bond acceptors (Lipinski definition) is 3. The minimum Gasteiger partial charge on any atom is -0.372 e. The third kappa shape index (κ3) is 2.75. The third-order valence-corrected chi connectivity index (χ3v) is 4.37. The normalized spacial score (nSPS) is 27.4. The maximum absolute atomic E-state index is 12.2. The van der Waals surface area contributed by atoms with Gasteiger partial charge in [0.1, 0.15) is 0 Å². The van der Waals surface area contributed by atoms with E-state index in [1.54, 1.807) is 0 Å². The third-order valence-electron chi connectivity index (χ3n) is 3.65. The van der Waals surface area contributed by atoms with Crippen LogP contribution in [0.15, 0.2) is 24.3 Å². The van der Waals surface area contributed by atoms with Crippen molar-refractivity contribution in [3.05, 3.63) is 33.4 Å². The summed E-state index contributed by atoms with van der Waals surface area (Å²) >= 11 is 2.25. The predicted molar refractivity (Wildman–Crippen MR) is 77.8 cm³/mol. The average molecular weight is 357 g/mol. The van der Waals surface area contributed by atoms with Crippen molar-refractivity contribution >= 4 is 28.4 Å². The molecule has 2 unspecified atom stereocenters. The number of morpholine rings is 1. The number of benzene rings is 1. The van der Waals surface area contributed by atoms with E-state index in [2.05, 4.69) is 27.5 Å². The highest BCUT2D eigenvalue weighted by molar-refractivity contribution is 14.1. The predicted octanol–water partition coefficient (Wildman–Crippen LogP) is 2.34. The molecular weight excluding hydrogens is 341 g/mol. The Morgan fingerprint density at radius 3 is 2.44 bits per heavy atom. The smallest absolute Gasteiger partial charge is 0.176 e. The first-order valence-electron chi connectivity index (χ1n) is 6.37. The van der Waals surface area contributed by atoms with Gasteiger partial charge >= 0.3 is 0 Å². The van der Waals surface area contributed by atoms with Gasteiger partial charge in [-0.25, -0.2) is 0 Å². The van der Waals surface area contributed by atoms with Gasteiger partial charge in [-0.1, -0.05) is 12.1 Å². The maximum atomic E-state index is 12.2. The number of carbonyl (C=O) groups excluding carboxylic acids is 1. The van der Waals surface area contributed by atoms with Gasteiger partial charge in [0.25, 0.3) is 0 Å². The van der Waals surface area contributed by atoms with Crippen LogP contribution in [-0.2, 0) is 4.74 Å². The van der Waals surface area contributed by atoms with Crippen LogP contribution in [-0.4, -0.2) is 42.5 Å². The summed E-state index contributed by atoms with van der Waals surface area (Å²) in [5, 5.41) is 0. The zero-order valence-electron chi connectivity index (χ0n) is 10.1. The van der Waals surface area contributed by atoms with Crippen LogP contribution in [0.25, 0.3) is 0 Å². The molecule has 2 bridgehead atoms. The molecule has 2 aliphatic heterocycles. The lowest BCUT2D eigenvalue weighted by Crippen LogP contribution is -2.44. The van der Waals surface area contributed by atoms with Gasteiger partial charge in [0.05, 0.1) is 18.8 Å². The van der Waals surface area contributed by atoms with Gasteiger partial charge in [0.2, 0.25) is 0 Å². The number of ketones is 1. The van der Waals surface area contributed by atoms with Gasteiger partial charge in [-0.3, -0.25) is 9.69 Å². The maximum Gasteiger partial charge on any atom is 0.176 e. The Kier molecular flexibility index (Phi) is 3.68. The van der Waals surface area contributed by atoms with E-state index < -0.39 is 0 Å². The molecule has 2 saturated heterocycles. The van der Waals surface area contributed by atoms with E-state index in [0.717, 1.165) is 35.1 Å². The van der Waals surface area contributed by atoms with Gasteiger partial charge < -0.3 is 4.74 Å². The van der Waals surface area contributed by atoms with E-state index in [4.69, 9.17) is 4.74 Å². The summed E-state index contributed by atoms with van der Waals surface area (Å²) < 4.78 is 6.94. The standard InChI is InChI=1S/C14H16INO2/c15-11-3-1-10(2-4-11)14(17)9-16-7-12-5-6-13(8-16)18-12/h1-4,12-13H,5-9H2. The number of ether oxygens (including phenoxy) is 1. The van der Waals surface area contributed by atoms with Gasteiger partial charge in [-0.2, -0.15) is 0 Å². The molecule has 4 heteroatoms. The average Bonchev–Trinajstić information content (AvgIpc) is 2.69. The number of halogens is 1. The minimum absolute atomic E-state index is 0.215. The molecule has 0 aromatic heterocycles. The van der Waals surface area contributed by atoms with Crippen LogP contribution in [0, 0.1) is 3.57 Å². The molecule has 1 aromatic rings. The Balaban J connectivity index is 1.62. The van der Waals surface area contributed by atoms with Crippen molar-refractivity contribution in [3.63, 3.8) is 0 Å². The molecule has 96 valence electrons. The van der Waals surface area contributed by atoms with Crippen LogP contribution in [0.4, 0.5) is 0 Å². The van der Waals surface area contributed by atoms with Gasteiger partial charge in [-0.05, 0) is 47.6 Å². The van der Waals surface area contributed by atoms with E-state index in [9.17, 15) is 4.79 Å². The summed E-state index contributed by atoms with van der Waals surface area (Å²) in [7, 11) is 0. The monoisotopic (exact) mass is 357 g/mol. The summed E-state index contributed by atoms with van der Waals surface area (Å²) in [6.45, 7) is 2.34. The van der Waals surface area contributed by atoms with Gasteiger partial charge in [0.15, 0.2) is 5.78 Å². The van der Waals surface area contributed by atoms with Crippen molar-refractivity contribution in [2.24, 2.45) is 0 Å². The second-order valence-corrected chi connectivity index (χ2v) is 6.33. The topological polar surface area (TPSA) is 29.5 Å². The molecule has 0 aliphatic carbocycles. The van der Waals surface area contributed by atoms with Crippen molar-refractivity contribution in [2.45, 2.75) is 25.0 Å². The molecule has 0 radical (unpaired) electrons. The number of fused-ring (bicyclic) bond motifs is 2. The minimum atomic E-state index is 0.215. The fourth-order valence-electron chi connectivity index (χ4n) is 2.76. The molecule has 2 atom stereocenters. The van der Waals surface area contributed by atoms with Crippen LogP contribution in [0.5, 0.6) is 0 Å². The molecule has 0 saturated carbocycles. The fourth-order valence-corrected chi connectivity index (χ4v) is 3.12. The van der Waals surface area contributed by atoms with E-state index in [-0.39, 0.29) is 5.78 Å². The van der Waals surface area contributed by atoms with Crippen LogP contribution in [0.3, 0.4) is 0 Å². The first-order valence-corrected chi connectivity index (χ1v) is 7.45. The fraction of sp³-hybridized carbons (Fsp3) is 0.500. The SMILES string of the molecule is O=C(CN1CC2CCC(C1)O2)c1ccc(I)cc1. The zero-order valence-corrected chi connectivity index (χ0v) is 12.3. The molecule has 2 fully saturated rings. The summed E-state index contributed by atoms with van der Waals surface area (Å²) in [4.78, 5) is 14.4. The molecule has 0 amide bonds. The molecule has 2 heterocycles.